The second-order valence-electron chi connectivity index (χ2n) is 5.62. The van der Waals surface area contributed by atoms with Gasteiger partial charge in [-0.1, -0.05) is 33.6 Å². The van der Waals surface area contributed by atoms with Gasteiger partial charge in [0.05, 0.1) is 29.9 Å². The molecular formula is C18H15BrClN5O4. The number of ether oxygens (including phenoxy) is 2. The summed E-state index contributed by atoms with van der Waals surface area (Å²) >= 11 is 9.54. The molecule has 0 amide bonds. The van der Waals surface area contributed by atoms with Crippen molar-refractivity contribution in [3.05, 3.63) is 62.3 Å². The normalized spacial score (nSPS) is 10.3. The van der Waals surface area contributed by atoms with Crippen LogP contribution in [0.1, 0.15) is 0 Å². The highest BCUT2D eigenvalue weighted by molar-refractivity contribution is 9.10. The molecule has 0 aliphatic heterocycles. The van der Waals surface area contributed by atoms with Crippen molar-refractivity contribution >= 4 is 56.2 Å². The Morgan fingerprint density at radius 2 is 1.76 bits per heavy atom. The van der Waals surface area contributed by atoms with Crippen molar-refractivity contribution in [2.24, 2.45) is 0 Å². The molecule has 1 aromatic heterocycles. The van der Waals surface area contributed by atoms with Crippen molar-refractivity contribution < 1.29 is 14.4 Å². The fraction of sp³-hybridized carbons (Fsp3) is 0.111. The molecule has 0 aliphatic carbocycles. The molecule has 0 saturated carbocycles. The Balaban J connectivity index is 2.02. The fourth-order valence-electron chi connectivity index (χ4n) is 2.52. The lowest BCUT2D eigenvalue weighted by molar-refractivity contribution is -0.383. The van der Waals surface area contributed by atoms with E-state index in [4.69, 9.17) is 21.1 Å². The van der Waals surface area contributed by atoms with Crippen molar-refractivity contribution in [2.75, 3.05) is 24.9 Å². The average molecular weight is 481 g/mol. The smallest absolute Gasteiger partial charge is 0.353 e. The Bertz CT molecular complexity index is 1070. The van der Waals surface area contributed by atoms with Crippen LogP contribution in [0.3, 0.4) is 0 Å². The predicted molar refractivity (Wildman–Crippen MR) is 114 cm³/mol. The third kappa shape index (κ3) is 4.66. The second kappa shape index (κ2) is 8.93. The van der Waals surface area contributed by atoms with Crippen LogP contribution in [0.2, 0.25) is 5.02 Å². The highest BCUT2D eigenvalue weighted by Crippen LogP contribution is 2.40. The van der Waals surface area contributed by atoms with Gasteiger partial charge < -0.3 is 20.1 Å². The zero-order valence-electron chi connectivity index (χ0n) is 15.3. The van der Waals surface area contributed by atoms with Crippen LogP contribution in [0.4, 0.5) is 28.7 Å². The largest absolute Gasteiger partial charge is 0.495 e. The lowest BCUT2D eigenvalue weighted by Crippen LogP contribution is -2.06. The lowest BCUT2D eigenvalue weighted by atomic mass is 10.2. The molecule has 150 valence electrons. The number of methoxy groups -OCH3 is 2. The van der Waals surface area contributed by atoms with E-state index in [2.05, 4.69) is 36.5 Å². The maximum absolute atomic E-state index is 11.8. The van der Waals surface area contributed by atoms with Gasteiger partial charge in [0, 0.05) is 16.2 Å². The summed E-state index contributed by atoms with van der Waals surface area (Å²) in [7, 11) is 2.94. The Labute approximate surface area is 179 Å². The summed E-state index contributed by atoms with van der Waals surface area (Å²) < 4.78 is 11.3. The molecule has 0 radical (unpaired) electrons. The van der Waals surface area contributed by atoms with E-state index in [1.165, 1.54) is 26.6 Å². The van der Waals surface area contributed by atoms with E-state index in [-0.39, 0.29) is 17.3 Å². The number of halogens is 2. The van der Waals surface area contributed by atoms with Gasteiger partial charge in [-0.25, -0.2) is 9.97 Å². The summed E-state index contributed by atoms with van der Waals surface area (Å²) in [6.45, 7) is 0. The molecule has 1 heterocycles. The minimum absolute atomic E-state index is 0.0259. The van der Waals surface area contributed by atoms with E-state index in [0.717, 1.165) is 4.47 Å². The standard InChI is InChI=1S/C18H15BrClN5O4/c1-28-14-8-15(29-2)13(7-12(14)20)24-18-16(25(26)27)17(21-9-22-18)23-11-5-3-4-10(19)6-11/h3-9H,1-2H3,(H2,21,22,23,24). The van der Waals surface area contributed by atoms with Gasteiger partial charge in [0.25, 0.3) is 0 Å². The van der Waals surface area contributed by atoms with Crippen LogP contribution < -0.4 is 20.1 Å². The van der Waals surface area contributed by atoms with Crippen LogP contribution in [0, 0.1) is 10.1 Å². The van der Waals surface area contributed by atoms with E-state index in [1.807, 2.05) is 6.07 Å². The quantitative estimate of drug-likeness (QED) is 0.346. The Hall–Kier alpha value is -3.11. The summed E-state index contributed by atoms with van der Waals surface area (Å²) in [6, 6.07) is 10.3. The molecule has 0 unspecified atom stereocenters. The van der Waals surface area contributed by atoms with Gasteiger partial charge in [-0.15, -0.1) is 0 Å². The summed E-state index contributed by atoms with van der Waals surface area (Å²) in [5.41, 5.74) is 0.673. The van der Waals surface area contributed by atoms with Crippen molar-refractivity contribution in [3.63, 3.8) is 0 Å². The zero-order chi connectivity index (χ0) is 21.0. The molecule has 0 fully saturated rings. The number of hydrogen-bond donors (Lipinski definition) is 2. The Morgan fingerprint density at radius 3 is 2.38 bits per heavy atom. The number of hydrogen-bond acceptors (Lipinski definition) is 8. The number of anilines is 4. The van der Waals surface area contributed by atoms with Crippen LogP contribution in [0.25, 0.3) is 0 Å². The van der Waals surface area contributed by atoms with Crippen molar-refractivity contribution in [2.45, 2.75) is 0 Å². The molecule has 9 nitrogen and oxygen atoms in total. The van der Waals surface area contributed by atoms with Gasteiger partial charge >= 0.3 is 5.69 Å². The molecule has 0 saturated heterocycles. The number of aromatic nitrogens is 2. The maximum Gasteiger partial charge on any atom is 0.353 e. The monoisotopic (exact) mass is 479 g/mol. The summed E-state index contributed by atoms with van der Waals surface area (Å²) in [6.07, 6.45) is 1.22. The molecule has 0 bridgehead atoms. The molecule has 11 heteroatoms. The van der Waals surface area contributed by atoms with Gasteiger partial charge in [-0.3, -0.25) is 10.1 Å². The van der Waals surface area contributed by atoms with Gasteiger partial charge in [-0.2, -0.15) is 0 Å². The fourth-order valence-corrected chi connectivity index (χ4v) is 3.16. The van der Waals surface area contributed by atoms with Gasteiger partial charge in [0.2, 0.25) is 11.6 Å². The van der Waals surface area contributed by atoms with Crippen molar-refractivity contribution in [1.82, 2.24) is 9.97 Å². The van der Waals surface area contributed by atoms with Crippen LogP contribution in [0.5, 0.6) is 11.5 Å². The van der Waals surface area contributed by atoms with Crippen LogP contribution in [-0.4, -0.2) is 29.1 Å². The highest BCUT2D eigenvalue weighted by Gasteiger charge is 2.24. The predicted octanol–water partition coefficient (Wildman–Crippen LogP) is 5.31. The first kappa shape index (κ1) is 20.6. The number of nitro groups is 1. The van der Waals surface area contributed by atoms with Crippen molar-refractivity contribution in [3.8, 4) is 11.5 Å². The first-order chi connectivity index (χ1) is 13.9. The minimum Gasteiger partial charge on any atom is -0.495 e. The molecule has 0 spiro atoms. The molecule has 29 heavy (non-hydrogen) atoms. The first-order valence-electron chi connectivity index (χ1n) is 8.13. The molecular weight excluding hydrogens is 466 g/mol. The van der Waals surface area contributed by atoms with Crippen LogP contribution in [-0.2, 0) is 0 Å². The molecule has 0 atom stereocenters. The van der Waals surface area contributed by atoms with E-state index in [0.29, 0.717) is 27.9 Å². The van der Waals surface area contributed by atoms with Gasteiger partial charge in [0.1, 0.15) is 17.8 Å². The summed E-state index contributed by atoms with van der Waals surface area (Å²) in [5, 5.41) is 17.9. The molecule has 2 aromatic carbocycles. The first-order valence-corrected chi connectivity index (χ1v) is 9.30. The number of rotatable bonds is 7. The molecule has 2 N–H and O–H groups in total. The lowest BCUT2D eigenvalue weighted by Gasteiger charge is -2.14. The Morgan fingerprint density at radius 1 is 1.07 bits per heavy atom. The molecule has 0 aliphatic rings. The van der Waals surface area contributed by atoms with Gasteiger partial charge in [0.15, 0.2) is 0 Å². The Kier molecular flexibility index (Phi) is 6.35. The minimum atomic E-state index is -0.569. The molecule has 3 aromatic rings. The van der Waals surface area contributed by atoms with E-state index >= 15 is 0 Å². The second-order valence-corrected chi connectivity index (χ2v) is 6.95. The van der Waals surface area contributed by atoms with Crippen molar-refractivity contribution in [1.29, 1.82) is 0 Å². The van der Waals surface area contributed by atoms with E-state index < -0.39 is 4.92 Å². The van der Waals surface area contributed by atoms with Crippen LogP contribution >= 0.6 is 27.5 Å². The number of nitrogens with zero attached hydrogens (tertiary/aromatic N) is 3. The summed E-state index contributed by atoms with van der Waals surface area (Å²) in [5.74, 6) is 0.787. The zero-order valence-corrected chi connectivity index (χ0v) is 17.6. The number of benzene rings is 2. The van der Waals surface area contributed by atoms with E-state index in [9.17, 15) is 10.1 Å². The summed E-state index contributed by atoms with van der Waals surface area (Å²) in [4.78, 5) is 19.2. The van der Waals surface area contributed by atoms with Crippen LogP contribution in [0.15, 0.2) is 47.2 Å². The van der Waals surface area contributed by atoms with E-state index in [1.54, 1.807) is 24.3 Å². The number of nitrogens with one attached hydrogen (secondary N) is 2. The topological polar surface area (TPSA) is 111 Å². The average Bonchev–Trinajstić information content (AvgIpc) is 2.68. The third-order valence-corrected chi connectivity index (χ3v) is 4.61. The molecule has 3 rings (SSSR count). The maximum atomic E-state index is 11.8. The van der Waals surface area contributed by atoms with Gasteiger partial charge in [-0.05, 0) is 24.3 Å². The SMILES string of the molecule is COc1cc(OC)c(Nc2ncnc(Nc3cccc(Br)c3)c2[N+](=O)[O-])cc1Cl. The highest BCUT2D eigenvalue weighted by atomic mass is 79.9. The third-order valence-electron chi connectivity index (χ3n) is 3.82.